The molecule has 0 aromatic heterocycles. The van der Waals surface area contributed by atoms with Gasteiger partial charge < -0.3 is 4.55 Å². The van der Waals surface area contributed by atoms with Crippen LogP contribution in [0, 0.1) is 7.14 Å². The molecule has 1 heterocycles. The number of hydrogen-bond acceptors (Lipinski definition) is 3. The highest BCUT2D eigenvalue weighted by Crippen LogP contribution is 2.21. The molecule has 112 valence electrons. The van der Waals surface area contributed by atoms with Gasteiger partial charge in [-0.2, -0.15) is 13.2 Å². The van der Waals surface area contributed by atoms with Crippen LogP contribution in [0.25, 0.3) is 11.1 Å². The van der Waals surface area contributed by atoms with Crippen LogP contribution in [-0.2, 0) is 10.1 Å². The van der Waals surface area contributed by atoms with Gasteiger partial charge in [0.05, 0.1) is 0 Å². The smallest absolute Gasteiger partial charge is 0.485 e. The van der Waals surface area contributed by atoms with Gasteiger partial charge >= 0.3 is 26.7 Å². The summed E-state index contributed by atoms with van der Waals surface area (Å²) in [6.07, 6.45) is 0. The van der Waals surface area contributed by atoms with Crippen LogP contribution in [0.4, 0.5) is 13.2 Å². The molecular formula is C13H8F3IO3S. The molecule has 0 N–H and O–H groups in total. The summed E-state index contributed by atoms with van der Waals surface area (Å²) >= 11 is 0.103. The monoisotopic (exact) mass is 428 g/mol. The summed E-state index contributed by atoms with van der Waals surface area (Å²) in [6.45, 7) is 0. The van der Waals surface area contributed by atoms with Crippen molar-refractivity contribution in [3.8, 4) is 11.1 Å². The SMILES string of the molecule is O=S(=O)([O-])C(F)(F)F.c1ccc2c(c1)[I+]c1ccccc1-2. The molecule has 3 rings (SSSR count). The van der Waals surface area contributed by atoms with Gasteiger partial charge in [0.2, 0.25) is 7.14 Å². The van der Waals surface area contributed by atoms with Gasteiger partial charge in [-0.25, -0.2) is 8.42 Å². The molecule has 8 heteroatoms. The highest BCUT2D eigenvalue weighted by Gasteiger charge is 2.37. The van der Waals surface area contributed by atoms with Gasteiger partial charge in [0.25, 0.3) is 0 Å². The normalized spacial score (nSPS) is 13.0. The average molecular weight is 428 g/mol. The minimum Gasteiger partial charge on any atom is -0.741 e. The van der Waals surface area contributed by atoms with E-state index in [0.29, 0.717) is 0 Å². The van der Waals surface area contributed by atoms with Gasteiger partial charge in [0.15, 0.2) is 10.1 Å². The summed E-state index contributed by atoms with van der Waals surface area (Å²) in [4.78, 5) is 0. The van der Waals surface area contributed by atoms with E-state index in [1.807, 2.05) is 0 Å². The van der Waals surface area contributed by atoms with Crippen LogP contribution in [0.3, 0.4) is 0 Å². The number of benzene rings is 2. The third kappa shape index (κ3) is 3.74. The molecular weight excluding hydrogens is 420 g/mol. The zero-order valence-corrected chi connectivity index (χ0v) is 13.2. The van der Waals surface area contributed by atoms with Crippen molar-refractivity contribution in [3.05, 3.63) is 55.7 Å². The second kappa shape index (κ2) is 5.93. The van der Waals surface area contributed by atoms with Crippen LogP contribution in [-0.4, -0.2) is 18.5 Å². The molecule has 0 aliphatic carbocycles. The third-order valence-corrected chi connectivity index (χ3v) is 6.14. The fraction of sp³-hybridized carbons (Fsp3) is 0.0769. The van der Waals surface area contributed by atoms with E-state index in [2.05, 4.69) is 48.5 Å². The van der Waals surface area contributed by atoms with E-state index >= 15 is 0 Å². The van der Waals surface area contributed by atoms with Crippen molar-refractivity contribution < 1.29 is 47.3 Å². The van der Waals surface area contributed by atoms with Gasteiger partial charge in [-0.1, -0.05) is 24.3 Å². The lowest BCUT2D eigenvalue weighted by Gasteiger charge is -2.08. The lowest BCUT2D eigenvalue weighted by molar-refractivity contribution is -0.589. The average Bonchev–Trinajstić information content (AvgIpc) is 2.75. The fourth-order valence-corrected chi connectivity index (χ4v) is 4.56. The first kappa shape index (κ1) is 16.2. The summed E-state index contributed by atoms with van der Waals surface area (Å²) in [7, 11) is -6.09. The van der Waals surface area contributed by atoms with E-state index in [0.717, 1.165) is 0 Å². The predicted molar refractivity (Wildman–Crippen MR) is 65.0 cm³/mol. The zero-order valence-electron chi connectivity index (χ0n) is 10.3. The Morgan fingerprint density at radius 2 is 1.19 bits per heavy atom. The van der Waals surface area contributed by atoms with E-state index in [4.69, 9.17) is 13.0 Å². The summed E-state index contributed by atoms with van der Waals surface area (Å²) in [5.74, 6) is 0. The summed E-state index contributed by atoms with van der Waals surface area (Å²) in [6, 6.07) is 17.6. The Hall–Kier alpha value is -1.13. The van der Waals surface area contributed by atoms with E-state index < -0.39 is 15.6 Å². The van der Waals surface area contributed by atoms with Gasteiger partial charge in [-0.3, -0.25) is 0 Å². The van der Waals surface area contributed by atoms with Crippen molar-refractivity contribution in [1.82, 2.24) is 0 Å². The van der Waals surface area contributed by atoms with Crippen molar-refractivity contribution in [2.45, 2.75) is 5.51 Å². The maximum absolute atomic E-state index is 10.7. The molecule has 0 amide bonds. The number of alkyl halides is 3. The first-order valence-electron chi connectivity index (χ1n) is 5.55. The van der Waals surface area contributed by atoms with Crippen molar-refractivity contribution in [2.24, 2.45) is 0 Å². The zero-order chi connectivity index (χ0) is 15.7. The Bertz CT molecular complexity index is 714. The van der Waals surface area contributed by atoms with Crippen molar-refractivity contribution in [2.75, 3.05) is 0 Å². The van der Waals surface area contributed by atoms with Gasteiger partial charge in [-0.15, -0.1) is 0 Å². The lowest BCUT2D eigenvalue weighted by Crippen LogP contribution is -3.61. The van der Waals surface area contributed by atoms with Crippen molar-refractivity contribution in [3.63, 3.8) is 0 Å². The topological polar surface area (TPSA) is 57.2 Å². The van der Waals surface area contributed by atoms with Crippen LogP contribution >= 0.6 is 0 Å². The lowest BCUT2D eigenvalue weighted by atomic mass is 10.1. The predicted octanol–water partition coefficient (Wildman–Crippen LogP) is -0.153. The van der Waals surface area contributed by atoms with E-state index in [-0.39, 0.29) is 21.2 Å². The Morgan fingerprint density at radius 3 is 1.52 bits per heavy atom. The number of halogens is 4. The Labute approximate surface area is 129 Å². The van der Waals surface area contributed by atoms with Crippen LogP contribution < -0.4 is 21.2 Å². The molecule has 0 saturated heterocycles. The first-order valence-corrected chi connectivity index (χ1v) is 9.12. The molecule has 0 fully saturated rings. The Balaban J connectivity index is 0.000000177. The first-order chi connectivity index (χ1) is 9.70. The number of rotatable bonds is 0. The third-order valence-electron chi connectivity index (χ3n) is 2.52. The molecule has 0 spiro atoms. The summed E-state index contributed by atoms with van der Waals surface area (Å²) in [5, 5.41) is 0. The number of fused-ring (bicyclic) bond motifs is 3. The van der Waals surface area contributed by atoms with Crippen molar-refractivity contribution >= 4 is 10.1 Å². The van der Waals surface area contributed by atoms with Gasteiger partial charge in [-0.05, 0) is 24.3 Å². The molecule has 21 heavy (non-hydrogen) atoms. The minimum absolute atomic E-state index is 0.103. The van der Waals surface area contributed by atoms with Crippen LogP contribution in [0.5, 0.6) is 0 Å². The number of hydrogen-bond donors (Lipinski definition) is 0. The second-order valence-corrected chi connectivity index (χ2v) is 8.19. The molecule has 2 aromatic rings. The molecule has 3 nitrogen and oxygen atoms in total. The van der Waals surface area contributed by atoms with Crippen LogP contribution in [0.15, 0.2) is 48.5 Å². The summed E-state index contributed by atoms with van der Waals surface area (Å²) < 4.78 is 62.0. The molecule has 0 radical (unpaired) electrons. The minimum atomic E-state index is -6.09. The molecule has 1 aliphatic rings. The maximum Gasteiger partial charge on any atom is 0.485 e. The van der Waals surface area contributed by atoms with Crippen LogP contribution in [0.2, 0.25) is 0 Å². The fourth-order valence-electron chi connectivity index (χ4n) is 1.63. The highest BCUT2D eigenvalue weighted by atomic mass is 127. The quantitative estimate of drug-likeness (QED) is 0.284. The largest absolute Gasteiger partial charge is 0.741 e. The second-order valence-electron chi connectivity index (χ2n) is 3.95. The van der Waals surface area contributed by atoms with E-state index in [1.165, 1.54) is 11.1 Å². The molecule has 1 aliphatic heterocycles. The highest BCUT2D eigenvalue weighted by molar-refractivity contribution is 7.86. The summed E-state index contributed by atoms with van der Waals surface area (Å²) in [5.41, 5.74) is -2.72. The van der Waals surface area contributed by atoms with Gasteiger partial charge in [0, 0.05) is 11.1 Å². The standard InChI is InChI=1S/C12H8I.CHF3O3S/c1-3-7-11-9(5-1)10-6-2-4-8-12(10)13-11;2-1(3,4)8(5,6)7/h1-8H;(H,5,6,7)/q+1;/p-1. The molecule has 0 unspecified atom stereocenters. The molecule has 0 atom stereocenters. The van der Waals surface area contributed by atoms with Crippen molar-refractivity contribution in [1.29, 1.82) is 0 Å². The van der Waals surface area contributed by atoms with E-state index in [1.54, 1.807) is 7.14 Å². The van der Waals surface area contributed by atoms with Gasteiger partial charge in [0.1, 0.15) is 0 Å². The Morgan fingerprint density at radius 1 is 0.857 bits per heavy atom. The molecule has 0 bridgehead atoms. The molecule has 0 saturated carbocycles. The molecule has 2 aromatic carbocycles. The maximum atomic E-state index is 10.7. The van der Waals surface area contributed by atoms with Crippen LogP contribution in [0.1, 0.15) is 0 Å². The van der Waals surface area contributed by atoms with E-state index in [9.17, 15) is 13.2 Å². The Kier molecular flexibility index (Phi) is 4.59.